The Bertz CT molecular complexity index is 579. The van der Waals surface area contributed by atoms with Crippen molar-refractivity contribution in [2.24, 2.45) is 0 Å². The van der Waals surface area contributed by atoms with Crippen molar-refractivity contribution >= 4 is 11.6 Å². The van der Waals surface area contributed by atoms with Gasteiger partial charge in [0.2, 0.25) is 0 Å². The molecule has 0 saturated heterocycles. The van der Waals surface area contributed by atoms with Crippen LogP contribution in [0.5, 0.6) is 5.75 Å². The van der Waals surface area contributed by atoms with Crippen LogP contribution in [0.3, 0.4) is 0 Å². The third kappa shape index (κ3) is 3.77. The number of rotatable bonds is 3. The molecule has 2 rings (SSSR count). The molecule has 2 heteroatoms. The van der Waals surface area contributed by atoms with Crippen LogP contribution in [-0.4, -0.2) is 0 Å². The summed E-state index contributed by atoms with van der Waals surface area (Å²) in [6.07, 6.45) is 0. The van der Waals surface area contributed by atoms with Crippen molar-refractivity contribution in [2.75, 3.05) is 0 Å². The highest BCUT2D eigenvalue weighted by Gasteiger charge is 2.12. The van der Waals surface area contributed by atoms with Gasteiger partial charge >= 0.3 is 0 Å². The summed E-state index contributed by atoms with van der Waals surface area (Å²) in [6.45, 7) is 9.15. The molecule has 0 aromatic heterocycles. The van der Waals surface area contributed by atoms with E-state index in [9.17, 15) is 0 Å². The summed E-state index contributed by atoms with van der Waals surface area (Å²) in [5.74, 6) is 0.884. The maximum absolute atomic E-state index is 6.11. The molecule has 0 saturated carbocycles. The predicted octanol–water partition coefficient (Wildman–Crippen LogP) is 5.52. The maximum Gasteiger partial charge on any atom is 0.119 e. The Labute approximate surface area is 126 Å². The van der Waals surface area contributed by atoms with E-state index in [1.54, 1.807) is 0 Å². The molecule has 106 valence electrons. The highest BCUT2D eigenvalue weighted by atomic mass is 35.5. The largest absolute Gasteiger partial charge is 0.489 e. The Kier molecular flexibility index (Phi) is 4.39. The fourth-order valence-electron chi connectivity index (χ4n) is 1.94. The lowest BCUT2D eigenvalue weighted by Gasteiger charge is -2.19. The summed E-state index contributed by atoms with van der Waals surface area (Å²) in [5, 5.41) is 0.786. The van der Waals surface area contributed by atoms with Crippen molar-refractivity contribution in [2.45, 2.75) is 39.7 Å². The monoisotopic (exact) mass is 288 g/mol. The van der Waals surface area contributed by atoms with E-state index in [1.807, 2.05) is 37.3 Å². The first-order valence-electron chi connectivity index (χ1n) is 6.84. The number of hydrogen-bond acceptors (Lipinski definition) is 1. The van der Waals surface area contributed by atoms with Crippen LogP contribution in [0.25, 0.3) is 0 Å². The first kappa shape index (κ1) is 14.9. The van der Waals surface area contributed by atoms with Crippen LogP contribution >= 0.6 is 11.6 Å². The highest BCUT2D eigenvalue weighted by molar-refractivity contribution is 6.31. The van der Waals surface area contributed by atoms with Gasteiger partial charge < -0.3 is 4.74 Å². The molecule has 0 spiro atoms. The van der Waals surface area contributed by atoms with Crippen LogP contribution in [-0.2, 0) is 12.0 Å². The van der Waals surface area contributed by atoms with Gasteiger partial charge in [-0.1, -0.05) is 56.6 Å². The van der Waals surface area contributed by atoms with Gasteiger partial charge in [0.1, 0.15) is 12.4 Å². The molecule has 0 amide bonds. The molecule has 0 radical (unpaired) electrons. The summed E-state index contributed by atoms with van der Waals surface area (Å²) >= 11 is 6.11. The van der Waals surface area contributed by atoms with Crippen molar-refractivity contribution in [3.05, 3.63) is 64.2 Å². The van der Waals surface area contributed by atoms with Gasteiger partial charge in [-0.05, 0) is 47.2 Å². The highest BCUT2D eigenvalue weighted by Crippen LogP contribution is 2.25. The summed E-state index contributed by atoms with van der Waals surface area (Å²) in [7, 11) is 0. The molecule has 0 aliphatic rings. The van der Waals surface area contributed by atoms with Crippen LogP contribution in [0, 0.1) is 6.92 Å². The summed E-state index contributed by atoms with van der Waals surface area (Å²) in [4.78, 5) is 0. The Balaban J connectivity index is 2.02. The fourth-order valence-corrected chi connectivity index (χ4v) is 2.15. The third-order valence-electron chi connectivity index (χ3n) is 3.36. The molecule has 0 aliphatic carbocycles. The lowest BCUT2D eigenvalue weighted by Crippen LogP contribution is -2.10. The van der Waals surface area contributed by atoms with Crippen LogP contribution in [0.2, 0.25) is 5.02 Å². The van der Waals surface area contributed by atoms with Crippen molar-refractivity contribution in [1.82, 2.24) is 0 Å². The summed E-state index contributed by atoms with van der Waals surface area (Å²) < 4.78 is 5.80. The van der Waals surface area contributed by atoms with Gasteiger partial charge in [0.15, 0.2) is 0 Å². The Morgan fingerprint density at radius 1 is 1.00 bits per heavy atom. The normalized spacial score (nSPS) is 11.4. The lowest BCUT2D eigenvalue weighted by atomic mass is 9.87. The lowest BCUT2D eigenvalue weighted by molar-refractivity contribution is 0.306. The molecule has 0 atom stereocenters. The Morgan fingerprint density at radius 2 is 1.65 bits per heavy atom. The van der Waals surface area contributed by atoms with E-state index in [0.29, 0.717) is 6.61 Å². The topological polar surface area (TPSA) is 9.23 Å². The molecule has 2 aromatic rings. The van der Waals surface area contributed by atoms with Crippen molar-refractivity contribution in [3.8, 4) is 5.75 Å². The van der Waals surface area contributed by atoms with Crippen LogP contribution in [0.15, 0.2) is 42.5 Å². The van der Waals surface area contributed by atoms with Gasteiger partial charge in [0.25, 0.3) is 0 Å². The zero-order valence-electron chi connectivity index (χ0n) is 12.5. The first-order valence-corrected chi connectivity index (χ1v) is 7.22. The maximum atomic E-state index is 6.11. The Hall–Kier alpha value is -1.47. The van der Waals surface area contributed by atoms with Gasteiger partial charge in [0, 0.05) is 5.02 Å². The minimum atomic E-state index is 0.170. The minimum Gasteiger partial charge on any atom is -0.489 e. The van der Waals surface area contributed by atoms with Crippen LogP contribution < -0.4 is 4.74 Å². The van der Waals surface area contributed by atoms with Crippen LogP contribution in [0.1, 0.15) is 37.5 Å². The van der Waals surface area contributed by atoms with E-state index in [0.717, 1.165) is 21.9 Å². The van der Waals surface area contributed by atoms with Crippen molar-refractivity contribution in [3.63, 3.8) is 0 Å². The van der Waals surface area contributed by atoms with Crippen molar-refractivity contribution < 1.29 is 4.74 Å². The minimum absolute atomic E-state index is 0.170. The summed E-state index contributed by atoms with van der Waals surface area (Å²) in [6, 6.07) is 14.3. The van der Waals surface area contributed by atoms with E-state index in [1.165, 1.54) is 5.56 Å². The van der Waals surface area contributed by atoms with E-state index in [2.05, 4.69) is 32.9 Å². The number of hydrogen-bond donors (Lipinski definition) is 0. The molecule has 0 fully saturated rings. The molecule has 0 bridgehead atoms. The standard InChI is InChI=1S/C18H21ClO/c1-13-5-6-14(11-17(13)19)12-20-16-9-7-15(8-10-16)18(2,3)4/h5-11H,12H2,1-4H3. The van der Waals surface area contributed by atoms with E-state index in [4.69, 9.17) is 16.3 Å². The smallest absolute Gasteiger partial charge is 0.119 e. The average molecular weight is 289 g/mol. The van der Waals surface area contributed by atoms with Gasteiger partial charge in [-0.15, -0.1) is 0 Å². The SMILES string of the molecule is Cc1ccc(COc2ccc(C(C)(C)C)cc2)cc1Cl. The summed E-state index contributed by atoms with van der Waals surface area (Å²) in [5.41, 5.74) is 3.65. The number of benzene rings is 2. The van der Waals surface area contributed by atoms with Gasteiger partial charge in [-0.3, -0.25) is 0 Å². The number of ether oxygens (including phenoxy) is 1. The Morgan fingerprint density at radius 3 is 2.20 bits per heavy atom. The van der Waals surface area contributed by atoms with Crippen LogP contribution in [0.4, 0.5) is 0 Å². The molecular weight excluding hydrogens is 268 g/mol. The predicted molar refractivity (Wildman–Crippen MR) is 85.7 cm³/mol. The molecule has 0 heterocycles. The number of aryl methyl sites for hydroxylation is 1. The van der Waals surface area contributed by atoms with Gasteiger partial charge in [-0.25, -0.2) is 0 Å². The molecule has 0 N–H and O–H groups in total. The quantitative estimate of drug-likeness (QED) is 0.722. The first-order chi connectivity index (χ1) is 9.36. The molecule has 0 unspecified atom stereocenters. The van der Waals surface area contributed by atoms with Crippen molar-refractivity contribution in [1.29, 1.82) is 0 Å². The third-order valence-corrected chi connectivity index (χ3v) is 3.77. The molecule has 0 aliphatic heterocycles. The van der Waals surface area contributed by atoms with E-state index < -0.39 is 0 Å². The average Bonchev–Trinajstić information content (AvgIpc) is 2.40. The fraction of sp³-hybridized carbons (Fsp3) is 0.333. The second-order valence-corrected chi connectivity index (χ2v) is 6.55. The molecule has 2 aromatic carbocycles. The van der Waals surface area contributed by atoms with Gasteiger partial charge in [-0.2, -0.15) is 0 Å². The number of halogens is 1. The molecule has 1 nitrogen and oxygen atoms in total. The second-order valence-electron chi connectivity index (χ2n) is 6.15. The second kappa shape index (κ2) is 5.88. The van der Waals surface area contributed by atoms with Gasteiger partial charge in [0.05, 0.1) is 0 Å². The zero-order valence-corrected chi connectivity index (χ0v) is 13.3. The van der Waals surface area contributed by atoms with E-state index >= 15 is 0 Å². The van der Waals surface area contributed by atoms with E-state index in [-0.39, 0.29) is 5.41 Å². The molecule has 20 heavy (non-hydrogen) atoms. The zero-order chi connectivity index (χ0) is 14.8. The molecular formula is C18H21ClO.